The second-order valence-electron chi connectivity index (χ2n) is 12.9. The van der Waals surface area contributed by atoms with Crippen LogP contribution in [0.25, 0.3) is 0 Å². The van der Waals surface area contributed by atoms with Gasteiger partial charge in [0.05, 0.1) is 6.04 Å². The third kappa shape index (κ3) is 14.0. The molecular formula is C32H53N5O6. The van der Waals surface area contributed by atoms with Crippen LogP contribution < -0.4 is 27.0 Å². The van der Waals surface area contributed by atoms with Gasteiger partial charge in [-0.1, -0.05) is 85.7 Å². The second-order valence-corrected chi connectivity index (χ2v) is 12.9. The Hall–Kier alpha value is -3.47. The first-order valence-electron chi connectivity index (χ1n) is 15.2. The summed E-state index contributed by atoms with van der Waals surface area (Å²) in [6.45, 7) is 15.0. The number of nitrogens with one attached hydrogen (secondary N) is 4. The van der Waals surface area contributed by atoms with Gasteiger partial charge in [0.1, 0.15) is 24.2 Å². The molecule has 0 bridgehead atoms. The summed E-state index contributed by atoms with van der Waals surface area (Å²) >= 11 is 0. The minimum Gasteiger partial charge on any atom is -0.480 e. The van der Waals surface area contributed by atoms with Gasteiger partial charge in [0.15, 0.2) is 0 Å². The van der Waals surface area contributed by atoms with Crippen molar-refractivity contribution in [2.45, 2.75) is 111 Å². The third-order valence-corrected chi connectivity index (χ3v) is 6.89. The third-order valence-electron chi connectivity index (χ3n) is 6.89. The summed E-state index contributed by atoms with van der Waals surface area (Å²) in [5, 5.41) is 20.6. The molecule has 0 radical (unpaired) electrons. The highest BCUT2D eigenvalue weighted by atomic mass is 16.4. The summed E-state index contributed by atoms with van der Waals surface area (Å²) in [7, 11) is 0. The maximum atomic E-state index is 13.5. The molecule has 7 N–H and O–H groups in total. The van der Waals surface area contributed by atoms with E-state index in [4.69, 9.17) is 5.73 Å². The molecule has 242 valence electrons. The number of aliphatic carboxylic acids is 1. The molecule has 4 amide bonds. The van der Waals surface area contributed by atoms with Crippen LogP contribution >= 0.6 is 0 Å². The van der Waals surface area contributed by atoms with Crippen LogP contribution in [0.15, 0.2) is 30.3 Å². The molecule has 0 spiro atoms. The molecule has 0 saturated heterocycles. The summed E-state index contributed by atoms with van der Waals surface area (Å²) in [5.41, 5.74) is 6.78. The van der Waals surface area contributed by atoms with Gasteiger partial charge in [0.25, 0.3) is 0 Å². The van der Waals surface area contributed by atoms with Crippen molar-refractivity contribution in [2.75, 3.05) is 0 Å². The summed E-state index contributed by atoms with van der Waals surface area (Å²) < 4.78 is 0. The molecule has 0 fully saturated rings. The lowest BCUT2D eigenvalue weighted by Gasteiger charge is -2.29. The van der Waals surface area contributed by atoms with Gasteiger partial charge in [-0.3, -0.25) is 19.2 Å². The Kier molecular flexibility index (Phi) is 15.9. The molecule has 0 unspecified atom stereocenters. The number of hydrogen-bond donors (Lipinski definition) is 6. The van der Waals surface area contributed by atoms with E-state index in [1.54, 1.807) is 38.1 Å². The van der Waals surface area contributed by atoms with E-state index >= 15 is 0 Å². The number of nitrogens with two attached hydrogens (primary N) is 1. The van der Waals surface area contributed by atoms with Crippen LogP contribution in [0, 0.1) is 23.7 Å². The molecule has 0 aliphatic heterocycles. The molecule has 11 nitrogen and oxygen atoms in total. The zero-order valence-electron chi connectivity index (χ0n) is 27.0. The van der Waals surface area contributed by atoms with Gasteiger partial charge in [0.2, 0.25) is 23.6 Å². The molecule has 0 aliphatic carbocycles. The quantitative estimate of drug-likeness (QED) is 0.149. The van der Waals surface area contributed by atoms with Crippen LogP contribution in [0.2, 0.25) is 0 Å². The average molecular weight is 604 g/mol. The van der Waals surface area contributed by atoms with Crippen LogP contribution in [0.1, 0.15) is 80.2 Å². The number of carbonyl (C=O) groups excluding carboxylic acids is 4. The number of amides is 4. The highest BCUT2D eigenvalue weighted by molar-refractivity contribution is 5.95. The fourth-order valence-electron chi connectivity index (χ4n) is 4.67. The van der Waals surface area contributed by atoms with Crippen LogP contribution in [0.5, 0.6) is 0 Å². The predicted octanol–water partition coefficient (Wildman–Crippen LogP) is 2.37. The zero-order valence-corrected chi connectivity index (χ0v) is 27.0. The Balaban J connectivity index is 3.08. The zero-order chi connectivity index (χ0) is 32.9. The molecule has 5 atom stereocenters. The van der Waals surface area contributed by atoms with E-state index in [1.807, 2.05) is 47.6 Å². The Morgan fingerprint density at radius 1 is 0.628 bits per heavy atom. The first kappa shape index (κ1) is 37.6. The van der Waals surface area contributed by atoms with Gasteiger partial charge in [-0.05, 0) is 48.5 Å². The molecular weight excluding hydrogens is 550 g/mol. The van der Waals surface area contributed by atoms with Gasteiger partial charge < -0.3 is 32.1 Å². The summed E-state index contributed by atoms with van der Waals surface area (Å²) in [6, 6.07) is 4.05. The minimum absolute atomic E-state index is 0.00113. The van der Waals surface area contributed by atoms with Gasteiger partial charge in [-0.2, -0.15) is 0 Å². The lowest BCUT2D eigenvalue weighted by molar-refractivity contribution is -0.142. The number of benzene rings is 1. The topological polar surface area (TPSA) is 180 Å². The SMILES string of the molecule is CC(C)C[C@H](NC(=O)[C@@H](N)CC(C)C)C(=O)N[C@H](C(=O)N[C@H](CC(C)C)C(=O)N[C@@H](Cc1ccccc1)C(=O)O)C(C)C. The average Bonchev–Trinajstić information content (AvgIpc) is 2.89. The molecule has 0 heterocycles. The molecule has 1 aromatic rings. The highest BCUT2D eigenvalue weighted by Crippen LogP contribution is 2.12. The second kappa shape index (κ2) is 18.3. The molecule has 43 heavy (non-hydrogen) atoms. The Morgan fingerprint density at radius 2 is 1.07 bits per heavy atom. The van der Waals surface area contributed by atoms with Crippen LogP contribution in [0.4, 0.5) is 0 Å². The molecule has 1 aromatic carbocycles. The largest absolute Gasteiger partial charge is 0.480 e. The van der Waals surface area contributed by atoms with Gasteiger partial charge >= 0.3 is 5.97 Å². The predicted molar refractivity (Wildman–Crippen MR) is 167 cm³/mol. The van der Waals surface area contributed by atoms with E-state index in [9.17, 15) is 29.1 Å². The number of hydrogen-bond acceptors (Lipinski definition) is 6. The van der Waals surface area contributed by atoms with E-state index < -0.39 is 59.8 Å². The van der Waals surface area contributed by atoms with E-state index in [0.29, 0.717) is 12.8 Å². The Morgan fingerprint density at radius 3 is 1.51 bits per heavy atom. The number of carbonyl (C=O) groups is 5. The van der Waals surface area contributed by atoms with E-state index in [1.165, 1.54) is 0 Å². The van der Waals surface area contributed by atoms with Crippen molar-refractivity contribution in [1.82, 2.24) is 21.3 Å². The summed E-state index contributed by atoms with van der Waals surface area (Å²) in [4.78, 5) is 64.8. The summed E-state index contributed by atoms with van der Waals surface area (Å²) in [6.07, 6.45) is 1.15. The molecule has 0 saturated carbocycles. The molecule has 0 aliphatic rings. The normalized spacial score (nSPS) is 15.0. The van der Waals surface area contributed by atoms with Crippen molar-refractivity contribution in [3.05, 3.63) is 35.9 Å². The van der Waals surface area contributed by atoms with Gasteiger partial charge in [-0.15, -0.1) is 0 Å². The first-order chi connectivity index (χ1) is 20.0. The number of carboxylic acids is 1. The lowest BCUT2D eigenvalue weighted by Crippen LogP contribution is -2.60. The van der Waals surface area contributed by atoms with E-state index in [2.05, 4.69) is 21.3 Å². The maximum Gasteiger partial charge on any atom is 0.326 e. The molecule has 11 heteroatoms. The van der Waals surface area contributed by atoms with Crippen molar-refractivity contribution in [2.24, 2.45) is 29.4 Å². The maximum absolute atomic E-state index is 13.5. The minimum atomic E-state index is -1.19. The van der Waals surface area contributed by atoms with Crippen molar-refractivity contribution in [3.63, 3.8) is 0 Å². The number of carboxylic acid groups (broad SMARTS) is 1. The Bertz CT molecular complexity index is 1060. The molecule has 1 rings (SSSR count). The molecule has 0 aromatic heterocycles. The van der Waals surface area contributed by atoms with E-state index in [-0.39, 0.29) is 36.5 Å². The number of rotatable bonds is 18. The van der Waals surface area contributed by atoms with E-state index in [0.717, 1.165) is 5.56 Å². The first-order valence-corrected chi connectivity index (χ1v) is 15.2. The smallest absolute Gasteiger partial charge is 0.326 e. The standard InChI is InChI=1S/C32H53N5O6/c1-18(2)14-23(33)28(38)34-25(16-20(5)6)30(40)37-27(21(7)8)31(41)35-24(15-19(3)4)29(39)36-26(32(42)43)17-22-12-10-9-11-13-22/h9-13,18-21,23-27H,14-17,33H2,1-8H3,(H,34,38)(H,35,41)(H,36,39)(H,37,40)(H,42,43)/t23-,24+,25-,26-,27-/m0/s1. The van der Waals surface area contributed by atoms with Crippen molar-refractivity contribution >= 4 is 29.6 Å². The fourth-order valence-corrected chi connectivity index (χ4v) is 4.67. The fraction of sp³-hybridized carbons (Fsp3) is 0.656. The van der Waals surface area contributed by atoms with Crippen molar-refractivity contribution in [3.8, 4) is 0 Å². The van der Waals surface area contributed by atoms with Crippen molar-refractivity contribution in [1.29, 1.82) is 0 Å². The monoisotopic (exact) mass is 603 g/mol. The highest BCUT2D eigenvalue weighted by Gasteiger charge is 2.33. The summed E-state index contributed by atoms with van der Waals surface area (Å²) in [5.74, 6) is -3.42. The van der Waals surface area contributed by atoms with Gasteiger partial charge in [-0.25, -0.2) is 4.79 Å². The van der Waals surface area contributed by atoms with Crippen LogP contribution in [0.3, 0.4) is 0 Å². The lowest BCUT2D eigenvalue weighted by atomic mass is 9.97. The van der Waals surface area contributed by atoms with Crippen LogP contribution in [-0.4, -0.2) is 64.9 Å². The van der Waals surface area contributed by atoms with Crippen LogP contribution in [-0.2, 0) is 30.4 Å². The Labute approximate surface area is 256 Å². The van der Waals surface area contributed by atoms with Crippen molar-refractivity contribution < 1.29 is 29.1 Å². The van der Waals surface area contributed by atoms with Gasteiger partial charge in [0, 0.05) is 6.42 Å².